The summed E-state index contributed by atoms with van der Waals surface area (Å²) in [5.41, 5.74) is 2.32. The number of halogens is 1. The molecule has 1 aromatic heterocycles. The second kappa shape index (κ2) is 3.67. The molecule has 0 fully saturated rings. The van der Waals surface area contributed by atoms with Crippen LogP contribution in [0.1, 0.15) is 5.56 Å². The van der Waals surface area contributed by atoms with E-state index in [1.54, 1.807) is 0 Å². The lowest BCUT2D eigenvalue weighted by Gasteiger charge is -2.02. The van der Waals surface area contributed by atoms with Crippen LogP contribution in [0.4, 0.5) is 0 Å². The Morgan fingerprint density at radius 3 is 2.15 bits per heavy atom. The fourth-order valence-corrected chi connectivity index (χ4v) is 1.44. The first kappa shape index (κ1) is 8.39. The van der Waals surface area contributed by atoms with Gasteiger partial charge >= 0.3 is 0 Å². The maximum absolute atomic E-state index is 5.70. The van der Waals surface area contributed by atoms with Gasteiger partial charge < -0.3 is 4.57 Å². The molecular weight excluding hydrogens is 182 g/mol. The van der Waals surface area contributed by atoms with Crippen LogP contribution in [0.2, 0.25) is 0 Å². The highest BCUT2D eigenvalue weighted by Gasteiger charge is 1.93. The Kier molecular flexibility index (Phi) is 2.37. The highest BCUT2D eigenvalue weighted by atomic mass is 35.5. The van der Waals surface area contributed by atoms with E-state index in [2.05, 4.69) is 16.7 Å². The molecule has 0 saturated carbocycles. The van der Waals surface area contributed by atoms with Crippen LogP contribution in [0, 0.1) is 0 Å². The molecule has 2 aromatic rings. The Hall–Kier alpha value is -1.21. The van der Waals surface area contributed by atoms with Gasteiger partial charge in [0.25, 0.3) is 0 Å². The third-order valence-electron chi connectivity index (χ3n) is 1.99. The summed E-state index contributed by atoms with van der Waals surface area (Å²) >= 11 is 5.70. The first-order chi connectivity index (χ1) is 6.40. The maximum atomic E-state index is 5.70. The number of alkyl halides is 1. The maximum Gasteiger partial charge on any atom is 0.0474 e. The molecule has 13 heavy (non-hydrogen) atoms. The summed E-state index contributed by atoms with van der Waals surface area (Å²) in [6.45, 7) is 0. The summed E-state index contributed by atoms with van der Waals surface area (Å²) in [7, 11) is 0. The van der Waals surface area contributed by atoms with Crippen LogP contribution >= 0.6 is 11.6 Å². The van der Waals surface area contributed by atoms with Crippen LogP contribution in [0.5, 0.6) is 0 Å². The quantitative estimate of drug-likeness (QED) is 0.643. The van der Waals surface area contributed by atoms with Crippen molar-refractivity contribution in [3.05, 3.63) is 54.4 Å². The van der Waals surface area contributed by atoms with Crippen molar-refractivity contribution in [1.29, 1.82) is 0 Å². The Morgan fingerprint density at radius 2 is 1.62 bits per heavy atom. The van der Waals surface area contributed by atoms with E-state index in [9.17, 15) is 0 Å². The molecule has 0 saturated heterocycles. The van der Waals surface area contributed by atoms with Crippen LogP contribution in [-0.4, -0.2) is 4.57 Å². The topological polar surface area (TPSA) is 4.93 Å². The Balaban J connectivity index is 2.33. The molecule has 1 aromatic carbocycles. The van der Waals surface area contributed by atoms with E-state index in [0.717, 1.165) is 5.56 Å². The van der Waals surface area contributed by atoms with E-state index in [-0.39, 0.29) is 0 Å². The Labute approximate surface area is 82.6 Å². The molecule has 1 heterocycles. The van der Waals surface area contributed by atoms with Crippen LogP contribution in [0.3, 0.4) is 0 Å². The summed E-state index contributed by atoms with van der Waals surface area (Å²) in [6, 6.07) is 12.2. The van der Waals surface area contributed by atoms with Crippen molar-refractivity contribution in [2.75, 3.05) is 0 Å². The third-order valence-corrected chi connectivity index (χ3v) is 2.30. The van der Waals surface area contributed by atoms with Gasteiger partial charge in [-0.15, -0.1) is 11.6 Å². The highest BCUT2D eigenvalue weighted by molar-refractivity contribution is 6.17. The van der Waals surface area contributed by atoms with E-state index < -0.39 is 0 Å². The third kappa shape index (κ3) is 1.76. The first-order valence-corrected chi connectivity index (χ1v) is 4.72. The summed E-state index contributed by atoms with van der Waals surface area (Å²) in [4.78, 5) is 0. The normalized spacial score (nSPS) is 10.2. The number of hydrogen-bond acceptors (Lipinski definition) is 0. The van der Waals surface area contributed by atoms with Gasteiger partial charge in [-0.3, -0.25) is 0 Å². The average molecular weight is 192 g/mol. The van der Waals surface area contributed by atoms with Crippen molar-refractivity contribution >= 4 is 11.6 Å². The second-order valence-electron chi connectivity index (χ2n) is 2.89. The summed E-state index contributed by atoms with van der Waals surface area (Å²) in [5, 5.41) is 0. The predicted octanol–water partition coefficient (Wildman–Crippen LogP) is 3.22. The van der Waals surface area contributed by atoms with Gasteiger partial charge in [0.05, 0.1) is 0 Å². The van der Waals surface area contributed by atoms with E-state index in [4.69, 9.17) is 11.6 Å². The van der Waals surface area contributed by atoms with E-state index in [0.29, 0.717) is 5.88 Å². The monoisotopic (exact) mass is 191 g/mol. The van der Waals surface area contributed by atoms with Crippen LogP contribution < -0.4 is 0 Å². The van der Waals surface area contributed by atoms with Crippen molar-refractivity contribution < 1.29 is 0 Å². The molecule has 0 atom stereocenters. The molecule has 0 bridgehead atoms. The molecule has 0 spiro atoms. The SMILES string of the molecule is ClCc1ccc(-n2cccc2)cc1. The standard InChI is InChI=1S/C11H10ClN/c12-9-10-3-5-11(6-4-10)13-7-1-2-8-13/h1-8H,9H2. The number of rotatable bonds is 2. The highest BCUT2D eigenvalue weighted by Crippen LogP contribution is 2.11. The minimum absolute atomic E-state index is 0.575. The second-order valence-corrected chi connectivity index (χ2v) is 3.16. The van der Waals surface area contributed by atoms with Crippen LogP contribution in [-0.2, 0) is 5.88 Å². The van der Waals surface area contributed by atoms with Gasteiger partial charge in [-0.2, -0.15) is 0 Å². The fraction of sp³-hybridized carbons (Fsp3) is 0.0909. The average Bonchev–Trinajstić information content (AvgIpc) is 2.71. The molecular formula is C11H10ClN. The first-order valence-electron chi connectivity index (χ1n) is 4.18. The van der Waals surface area contributed by atoms with Gasteiger partial charge in [0.15, 0.2) is 0 Å². The van der Waals surface area contributed by atoms with E-state index in [1.165, 1.54) is 5.69 Å². The van der Waals surface area contributed by atoms with Crippen LogP contribution in [0.15, 0.2) is 48.8 Å². The molecule has 0 amide bonds. The lowest BCUT2D eigenvalue weighted by Crippen LogP contribution is -1.89. The van der Waals surface area contributed by atoms with Gasteiger partial charge in [0.2, 0.25) is 0 Å². The number of benzene rings is 1. The molecule has 0 aliphatic carbocycles. The van der Waals surface area contributed by atoms with Gasteiger partial charge in [0.1, 0.15) is 0 Å². The van der Waals surface area contributed by atoms with E-state index in [1.807, 2.05) is 36.7 Å². The fourth-order valence-electron chi connectivity index (χ4n) is 1.26. The van der Waals surface area contributed by atoms with Crippen molar-refractivity contribution in [1.82, 2.24) is 4.57 Å². The Bertz CT molecular complexity index is 361. The van der Waals surface area contributed by atoms with Crippen molar-refractivity contribution in [3.63, 3.8) is 0 Å². The number of hydrogen-bond donors (Lipinski definition) is 0. The largest absolute Gasteiger partial charge is 0.324 e. The molecule has 0 radical (unpaired) electrons. The molecule has 2 heteroatoms. The summed E-state index contributed by atoms with van der Waals surface area (Å²) in [5.74, 6) is 0.575. The number of aromatic nitrogens is 1. The Morgan fingerprint density at radius 1 is 1.00 bits per heavy atom. The molecule has 66 valence electrons. The predicted molar refractivity (Wildman–Crippen MR) is 55.3 cm³/mol. The van der Waals surface area contributed by atoms with Gasteiger partial charge in [-0.05, 0) is 29.8 Å². The minimum Gasteiger partial charge on any atom is -0.324 e. The molecule has 0 unspecified atom stereocenters. The smallest absolute Gasteiger partial charge is 0.0474 e. The molecule has 0 aliphatic rings. The van der Waals surface area contributed by atoms with Gasteiger partial charge in [0, 0.05) is 24.0 Å². The lowest BCUT2D eigenvalue weighted by molar-refractivity contribution is 1.08. The van der Waals surface area contributed by atoms with Crippen molar-refractivity contribution in [2.24, 2.45) is 0 Å². The summed E-state index contributed by atoms with van der Waals surface area (Å²) < 4.78 is 2.07. The van der Waals surface area contributed by atoms with Crippen molar-refractivity contribution in [3.8, 4) is 5.69 Å². The van der Waals surface area contributed by atoms with Crippen molar-refractivity contribution in [2.45, 2.75) is 5.88 Å². The zero-order valence-corrected chi connectivity index (χ0v) is 7.91. The van der Waals surface area contributed by atoms with Crippen LogP contribution in [0.25, 0.3) is 5.69 Å². The zero-order chi connectivity index (χ0) is 9.10. The minimum atomic E-state index is 0.575. The molecule has 2 rings (SSSR count). The lowest BCUT2D eigenvalue weighted by atomic mass is 10.2. The zero-order valence-electron chi connectivity index (χ0n) is 7.15. The molecule has 0 aliphatic heterocycles. The van der Waals surface area contributed by atoms with Gasteiger partial charge in [-0.25, -0.2) is 0 Å². The molecule has 0 N–H and O–H groups in total. The van der Waals surface area contributed by atoms with Gasteiger partial charge in [-0.1, -0.05) is 12.1 Å². The number of nitrogens with zero attached hydrogens (tertiary/aromatic N) is 1. The molecule has 1 nitrogen and oxygen atoms in total. The summed E-state index contributed by atoms with van der Waals surface area (Å²) in [6.07, 6.45) is 4.05. The van der Waals surface area contributed by atoms with E-state index >= 15 is 0 Å².